The first-order chi connectivity index (χ1) is 9.72. The first-order valence-corrected chi connectivity index (χ1v) is 7.23. The fourth-order valence-electron chi connectivity index (χ4n) is 1.85. The van der Waals surface area contributed by atoms with Gasteiger partial charge in [-0.15, -0.1) is 0 Å². The SMILES string of the molecule is CCCOc1nc(NC)nc(NCCN(C)C2CC2)n1. The Hall–Kier alpha value is -1.63. The molecule has 1 aromatic heterocycles. The van der Waals surface area contributed by atoms with Gasteiger partial charge in [0.25, 0.3) is 0 Å². The van der Waals surface area contributed by atoms with Crippen LogP contribution < -0.4 is 15.4 Å². The number of anilines is 2. The Kier molecular flexibility index (Phi) is 5.34. The van der Waals surface area contributed by atoms with Crippen LogP contribution in [0.5, 0.6) is 6.01 Å². The summed E-state index contributed by atoms with van der Waals surface area (Å²) < 4.78 is 5.46. The van der Waals surface area contributed by atoms with E-state index in [-0.39, 0.29) is 0 Å². The average Bonchev–Trinajstić information content (AvgIpc) is 3.29. The van der Waals surface area contributed by atoms with Crippen molar-refractivity contribution in [2.75, 3.05) is 44.4 Å². The molecule has 0 amide bonds. The van der Waals surface area contributed by atoms with E-state index in [1.54, 1.807) is 7.05 Å². The number of aromatic nitrogens is 3. The van der Waals surface area contributed by atoms with Gasteiger partial charge in [0.1, 0.15) is 0 Å². The molecule has 1 heterocycles. The number of hydrogen-bond acceptors (Lipinski definition) is 7. The summed E-state index contributed by atoms with van der Waals surface area (Å²) in [5.41, 5.74) is 0. The van der Waals surface area contributed by atoms with Crippen molar-refractivity contribution in [3.63, 3.8) is 0 Å². The predicted octanol–water partition coefficient (Wildman–Crippen LogP) is 1.21. The smallest absolute Gasteiger partial charge is 0.323 e. The molecular formula is C13H24N6O. The second kappa shape index (κ2) is 7.23. The van der Waals surface area contributed by atoms with E-state index in [0.717, 1.165) is 25.6 Å². The Bertz CT molecular complexity index is 423. The minimum absolute atomic E-state index is 0.365. The predicted molar refractivity (Wildman–Crippen MR) is 79.3 cm³/mol. The minimum Gasteiger partial charge on any atom is -0.463 e. The van der Waals surface area contributed by atoms with Crippen molar-refractivity contribution in [3.05, 3.63) is 0 Å². The van der Waals surface area contributed by atoms with Gasteiger partial charge in [-0.05, 0) is 26.3 Å². The maximum Gasteiger partial charge on any atom is 0.323 e. The highest BCUT2D eigenvalue weighted by Crippen LogP contribution is 2.24. The summed E-state index contributed by atoms with van der Waals surface area (Å²) in [6, 6.07) is 1.13. The molecule has 1 aromatic rings. The molecule has 112 valence electrons. The summed E-state index contributed by atoms with van der Waals surface area (Å²) in [4.78, 5) is 15.1. The highest BCUT2D eigenvalue weighted by Gasteiger charge is 2.25. The average molecular weight is 280 g/mol. The second-order valence-corrected chi connectivity index (χ2v) is 5.00. The van der Waals surface area contributed by atoms with Crippen LogP contribution in [0.15, 0.2) is 0 Å². The molecule has 1 aliphatic carbocycles. The van der Waals surface area contributed by atoms with Crippen molar-refractivity contribution in [2.24, 2.45) is 0 Å². The van der Waals surface area contributed by atoms with Crippen molar-refractivity contribution < 1.29 is 4.74 Å². The normalized spacial score (nSPS) is 14.4. The monoisotopic (exact) mass is 280 g/mol. The quantitative estimate of drug-likeness (QED) is 0.704. The van der Waals surface area contributed by atoms with Gasteiger partial charge in [0.15, 0.2) is 0 Å². The van der Waals surface area contributed by atoms with Crippen molar-refractivity contribution in [2.45, 2.75) is 32.2 Å². The van der Waals surface area contributed by atoms with Gasteiger partial charge >= 0.3 is 6.01 Å². The number of nitrogens with one attached hydrogen (secondary N) is 2. The van der Waals surface area contributed by atoms with Crippen LogP contribution in [0.3, 0.4) is 0 Å². The maximum atomic E-state index is 5.46. The first kappa shape index (κ1) is 14.8. The summed E-state index contributed by atoms with van der Waals surface area (Å²) in [6.07, 6.45) is 3.57. The van der Waals surface area contributed by atoms with Crippen molar-refractivity contribution in [1.82, 2.24) is 19.9 Å². The molecular weight excluding hydrogens is 256 g/mol. The standard InChI is InChI=1S/C13H24N6O/c1-4-9-20-13-17-11(14-2)16-12(18-13)15-7-8-19(3)10-5-6-10/h10H,4-9H2,1-3H3,(H2,14,15,16,17,18). The van der Waals surface area contributed by atoms with E-state index in [1.807, 2.05) is 6.92 Å². The van der Waals surface area contributed by atoms with Gasteiger partial charge in [0, 0.05) is 26.2 Å². The summed E-state index contributed by atoms with van der Waals surface area (Å²) in [5.74, 6) is 1.07. The molecule has 1 saturated carbocycles. The summed E-state index contributed by atoms with van der Waals surface area (Å²) in [7, 11) is 3.94. The Balaban J connectivity index is 1.87. The maximum absolute atomic E-state index is 5.46. The lowest BCUT2D eigenvalue weighted by molar-refractivity contribution is 0.292. The molecule has 0 radical (unpaired) electrons. The van der Waals surface area contributed by atoms with Crippen LogP contribution in [0, 0.1) is 0 Å². The molecule has 20 heavy (non-hydrogen) atoms. The number of ether oxygens (including phenoxy) is 1. The van der Waals surface area contributed by atoms with E-state index in [1.165, 1.54) is 12.8 Å². The summed E-state index contributed by atoms with van der Waals surface area (Å²) in [5, 5.41) is 6.14. The highest BCUT2D eigenvalue weighted by atomic mass is 16.5. The largest absolute Gasteiger partial charge is 0.463 e. The summed E-state index contributed by atoms with van der Waals surface area (Å²) >= 11 is 0. The zero-order valence-corrected chi connectivity index (χ0v) is 12.5. The van der Waals surface area contributed by atoms with Gasteiger partial charge in [0.2, 0.25) is 11.9 Å². The van der Waals surface area contributed by atoms with E-state index >= 15 is 0 Å². The first-order valence-electron chi connectivity index (χ1n) is 7.23. The lowest BCUT2D eigenvalue weighted by atomic mass is 10.5. The van der Waals surface area contributed by atoms with Crippen LogP contribution in [0.4, 0.5) is 11.9 Å². The molecule has 0 aromatic carbocycles. The number of likely N-dealkylation sites (N-methyl/N-ethyl adjacent to an activating group) is 1. The van der Waals surface area contributed by atoms with Crippen LogP contribution in [0.25, 0.3) is 0 Å². The third kappa shape index (κ3) is 4.48. The van der Waals surface area contributed by atoms with Crippen LogP contribution in [0.2, 0.25) is 0 Å². The molecule has 0 aliphatic heterocycles. The van der Waals surface area contributed by atoms with Crippen LogP contribution in [-0.2, 0) is 0 Å². The third-order valence-corrected chi connectivity index (χ3v) is 3.19. The van der Waals surface area contributed by atoms with Crippen molar-refractivity contribution in [1.29, 1.82) is 0 Å². The lowest BCUT2D eigenvalue weighted by Crippen LogP contribution is -2.27. The third-order valence-electron chi connectivity index (χ3n) is 3.19. The molecule has 0 bridgehead atoms. The molecule has 0 saturated heterocycles. The Morgan fingerprint density at radius 1 is 1.25 bits per heavy atom. The van der Waals surface area contributed by atoms with Crippen LogP contribution in [-0.4, -0.2) is 59.7 Å². The van der Waals surface area contributed by atoms with Gasteiger partial charge in [-0.1, -0.05) is 6.92 Å². The summed E-state index contributed by atoms with van der Waals surface area (Å²) in [6.45, 7) is 4.45. The van der Waals surface area contributed by atoms with Crippen LogP contribution in [0.1, 0.15) is 26.2 Å². The molecule has 2 N–H and O–H groups in total. The fourth-order valence-corrected chi connectivity index (χ4v) is 1.85. The molecule has 7 heteroatoms. The number of rotatable bonds is 9. The van der Waals surface area contributed by atoms with Gasteiger partial charge in [-0.25, -0.2) is 0 Å². The van der Waals surface area contributed by atoms with Crippen molar-refractivity contribution in [3.8, 4) is 6.01 Å². The van der Waals surface area contributed by atoms with Crippen molar-refractivity contribution >= 4 is 11.9 Å². The molecule has 0 unspecified atom stereocenters. The van der Waals surface area contributed by atoms with Crippen LogP contribution >= 0.6 is 0 Å². The van der Waals surface area contributed by atoms with Gasteiger partial charge < -0.3 is 20.3 Å². The lowest BCUT2D eigenvalue weighted by Gasteiger charge is -2.16. The van der Waals surface area contributed by atoms with E-state index < -0.39 is 0 Å². The van der Waals surface area contributed by atoms with E-state index in [9.17, 15) is 0 Å². The molecule has 0 spiro atoms. The number of hydrogen-bond donors (Lipinski definition) is 2. The van der Waals surface area contributed by atoms with E-state index in [2.05, 4.69) is 37.5 Å². The minimum atomic E-state index is 0.365. The zero-order valence-electron chi connectivity index (χ0n) is 12.5. The highest BCUT2D eigenvalue weighted by molar-refractivity contribution is 5.35. The Morgan fingerprint density at radius 2 is 2.00 bits per heavy atom. The van der Waals surface area contributed by atoms with E-state index in [0.29, 0.717) is 24.5 Å². The van der Waals surface area contributed by atoms with Gasteiger partial charge in [0.05, 0.1) is 6.61 Å². The molecule has 7 nitrogen and oxygen atoms in total. The number of nitrogens with zero attached hydrogens (tertiary/aromatic N) is 4. The Morgan fingerprint density at radius 3 is 2.65 bits per heavy atom. The van der Waals surface area contributed by atoms with Gasteiger partial charge in [-0.2, -0.15) is 15.0 Å². The Labute approximate surface area is 120 Å². The van der Waals surface area contributed by atoms with E-state index in [4.69, 9.17) is 4.74 Å². The fraction of sp³-hybridized carbons (Fsp3) is 0.769. The molecule has 1 aliphatic rings. The van der Waals surface area contributed by atoms with Gasteiger partial charge in [-0.3, -0.25) is 0 Å². The molecule has 1 fully saturated rings. The second-order valence-electron chi connectivity index (χ2n) is 5.00. The molecule has 0 atom stereocenters. The molecule has 2 rings (SSSR count). The topological polar surface area (TPSA) is 75.2 Å². The zero-order chi connectivity index (χ0) is 14.4.